The Hall–Kier alpha value is -1.42. The SMILES string of the molecule is OCCN=C1[C+]=C(NCCO)CC=C1O. The standard InChI is InChI=1S/C10H14N2O3/c13-5-3-11-8-1-2-10(15)9(7-8)12-4-6-14/h2,13-14H,1,3-6H2,(H-,11,12,15)/p+1. The lowest BCUT2D eigenvalue weighted by atomic mass is 10.1. The van der Waals surface area contributed by atoms with E-state index in [9.17, 15) is 5.11 Å². The molecule has 0 fully saturated rings. The number of hydrogen-bond acceptors (Lipinski definition) is 5. The molecule has 0 radical (unpaired) electrons. The summed E-state index contributed by atoms with van der Waals surface area (Å²) in [5.41, 5.74) is 1.12. The average molecular weight is 211 g/mol. The van der Waals surface area contributed by atoms with Crippen LogP contribution in [0.1, 0.15) is 6.42 Å². The molecule has 0 heterocycles. The number of aliphatic imine (C=N–C) groups is 1. The number of hydrogen-bond donors (Lipinski definition) is 4. The van der Waals surface area contributed by atoms with Crippen LogP contribution in [0.5, 0.6) is 0 Å². The van der Waals surface area contributed by atoms with Crippen LogP contribution in [0.25, 0.3) is 0 Å². The molecule has 0 aromatic rings. The first-order valence-corrected chi connectivity index (χ1v) is 4.80. The molecular weight excluding hydrogens is 196 g/mol. The van der Waals surface area contributed by atoms with Crippen molar-refractivity contribution in [3.63, 3.8) is 0 Å². The molecule has 0 spiro atoms. The molecule has 0 aromatic heterocycles. The lowest BCUT2D eigenvalue weighted by Gasteiger charge is -2.04. The van der Waals surface area contributed by atoms with Crippen molar-refractivity contribution in [3.05, 3.63) is 23.6 Å². The molecule has 82 valence electrons. The highest BCUT2D eigenvalue weighted by Gasteiger charge is 2.23. The summed E-state index contributed by atoms with van der Waals surface area (Å²) in [7, 11) is 0. The number of nitrogens with zero attached hydrogens (tertiary/aromatic N) is 1. The molecule has 0 aliphatic heterocycles. The lowest BCUT2D eigenvalue weighted by Crippen LogP contribution is -2.21. The number of nitrogens with one attached hydrogen (secondary N) is 1. The van der Waals surface area contributed by atoms with Gasteiger partial charge < -0.3 is 20.6 Å². The average Bonchev–Trinajstić information content (AvgIpc) is 2.26. The van der Waals surface area contributed by atoms with Crippen molar-refractivity contribution in [2.24, 2.45) is 4.99 Å². The zero-order chi connectivity index (χ0) is 11.1. The Bertz CT molecular complexity index is 295. The second kappa shape index (κ2) is 6.14. The number of rotatable bonds is 5. The van der Waals surface area contributed by atoms with Gasteiger partial charge in [-0.1, -0.05) is 0 Å². The summed E-state index contributed by atoms with van der Waals surface area (Å²) in [5.74, 6) is 0.0815. The van der Waals surface area contributed by atoms with Crippen molar-refractivity contribution in [2.45, 2.75) is 6.42 Å². The van der Waals surface area contributed by atoms with Crippen LogP contribution in [0.3, 0.4) is 0 Å². The van der Waals surface area contributed by atoms with Crippen LogP contribution in [-0.4, -0.2) is 47.3 Å². The summed E-state index contributed by atoms with van der Waals surface area (Å²) in [6.45, 7) is 0.680. The van der Waals surface area contributed by atoms with Crippen LogP contribution in [-0.2, 0) is 0 Å². The van der Waals surface area contributed by atoms with Crippen LogP contribution in [0.2, 0.25) is 0 Å². The Morgan fingerprint density at radius 2 is 2.20 bits per heavy atom. The van der Waals surface area contributed by atoms with Gasteiger partial charge in [0.25, 0.3) is 5.76 Å². The molecule has 0 amide bonds. The zero-order valence-corrected chi connectivity index (χ0v) is 8.40. The predicted molar refractivity (Wildman–Crippen MR) is 56.6 cm³/mol. The largest absolute Gasteiger partial charge is 0.418 e. The van der Waals surface area contributed by atoms with Crippen molar-refractivity contribution in [3.8, 4) is 0 Å². The molecular formula is C10H15N2O3+. The van der Waals surface area contributed by atoms with Gasteiger partial charge in [-0.05, 0) is 0 Å². The summed E-state index contributed by atoms with van der Waals surface area (Å²) in [5, 5.41) is 29.6. The van der Waals surface area contributed by atoms with E-state index in [4.69, 9.17) is 10.2 Å². The topological polar surface area (TPSA) is 85.1 Å². The predicted octanol–water partition coefficient (Wildman–Crippen LogP) is -0.466. The third kappa shape index (κ3) is 3.67. The van der Waals surface area contributed by atoms with Gasteiger partial charge >= 0.3 is 5.71 Å². The minimum atomic E-state index is -0.0577. The first-order chi connectivity index (χ1) is 7.27. The van der Waals surface area contributed by atoms with Gasteiger partial charge in [0.1, 0.15) is 0 Å². The molecule has 15 heavy (non-hydrogen) atoms. The Kier molecular flexibility index (Phi) is 4.77. The fraction of sp³-hybridized carbons (Fsp3) is 0.500. The third-order valence-corrected chi connectivity index (χ3v) is 1.83. The Morgan fingerprint density at radius 1 is 1.40 bits per heavy atom. The minimum absolute atomic E-state index is 0.0456. The van der Waals surface area contributed by atoms with E-state index >= 15 is 0 Å². The lowest BCUT2D eigenvalue weighted by molar-refractivity contribution is 0.296. The van der Waals surface area contributed by atoms with Gasteiger partial charge in [0.15, 0.2) is 11.8 Å². The molecule has 5 nitrogen and oxygen atoms in total. The van der Waals surface area contributed by atoms with Crippen LogP contribution in [0.4, 0.5) is 0 Å². The monoisotopic (exact) mass is 211 g/mol. The Morgan fingerprint density at radius 3 is 2.87 bits per heavy atom. The zero-order valence-electron chi connectivity index (χ0n) is 8.40. The summed E-state index contributed by atoms with van der Waals surface area (Å²) < 4.78 is 0. The highest BCUT2D eigenvalue weighted by molar-refractivity contribution is 6.04. The van der Waals surface area contributed by atoms with Gasteiger partial charge in [-0.25, -0.2) is 4.99 Å². The van der Waals surface area contributed by atoms with Crippen LogP contribution in [0.15, 0.2) is 22.5 Å². The van der Waals surface area contributed by atoms with E-state index in [-0.39, 0.29) is 25.5 Å². The number of aliphatic hydroxyl groups is 3. The van der Waals surface area contributed by atoms with Crippen LogP contribution in [0, 0.1) is 6.08 Å². The van der Waals surface area contributed by atoms with E-state index in [1.54, 1.807) is 6.08 Å². The Balaban J connectivity index is 2.62. The van der Waals surface area contributed by atoms with E-state index in [2.05, 4.69) is 16.4 Å². The quantitative estimate of drug-likeness (QED) is 0.463. The van der Waals surface area contributed by atoms with Gasteiger partial charge in [0.2, 0.25) is 0 Å². The second-order valence-corrected chi connectivity index (χ2v) is 3.00. The molecule has 1 aliphatic rings. The van der Waals surface area contributed by atoms with Crippen molar-refractivity contribution in [2.75, 3.05) is 26.3 Å². The van der Waals surface area contributed by atoms with Crippen molar-refractivity contribution < 1.29 is 15.3 Å². The molecule has 0 aromatic carbocycles. The number of aliphatic hydroxyl groups excluding tert-OH is 3. The minimum Gasteiger partial charge on any atom is -0.418 e. The Labute approximate surface area is 88.5 Å². The van der Waals surface area contributed by atoms with Crippen molar-refractivity contribution in [1.29, 1.82) is 0 Å². The van der Waals surface area contributed by atoms with E-state index in [1.807, 2.05) is 0 Å². The van der Waals surface area contributed by atoms with E-state index in [0.717, 1.165) is 5.70 Å². The molecule has 1 aliphatic carbocycles. The summed E-state index contributed by atoms with van der Waals surface area (Å²) >= 11 is 0. The van der Waals surface area contributed by atoms with E-state index in [0.29, 0.717) is 18.7 Å². The maximum Gasteiger partial charge on any atom is 0.328 e. The maximum absolute atomic E-state index is 9.43. The third-order valence-electron chi connectivity index (χ3n) is 1.83. The summed E-state index contributed by atoms with van der Waals surface area (Å²) in [4.78, 5) is 3.95. The molecule has 0 saturated carbocycles. The highest BCUT2D eigenvalue weighted by atomic mass is 16.3. The fourth-order valence-electron chi connectivity index (χ4n) is 1.16. The molecule has 5 heteroatoms. The van der Waals surface area contributed by atoms with Gasteiger partial charge in [-0.2, -0.15) is 0 Å². The first-order valence-electron chi connectivity index (χ1n) is 4.80. The molecule has 0 atom stereocenters. The normalized spacial score (nSPS) is 18.1. The fourth-order valence-corrected chi connectivity index (χ4v) is 1.16. The molecule has 0 bridgehead atoms. The van der Waals surface area contributed by atoms with E-state index < -0.39 is 0 Å². The summed E-state index contributed by atoms with van der Waals surface area (Å²) in [6, 6.07) is 0. The van der Waals surface area contributed by atoms with E-state index in [1.165, 1.54) is 0 Å². The van der Waals surface area contributed by atoms with Crippen molar-refractivity contribution in [1.82, 2.24) is 5.32 Å². The smallest absolute Gasteiger partial charge is 0.328 e. The highest BCUT2D eigenvalue weighted by Crippen LogP contribution is 2.10. The maximum atomic E-state index is 9.43. The molecule has 4 N–H and O–H groups in total. The molecule has 0 saturated heterocycles. The van der Waals surface area contributed by atoms with Gasteiger partial charge in [0, 0.05) is 6.54 Å². The van der Waals surface area contributed by atoms with Gasteiger partial charge in [-0.3, -0.25) is 0 Å². The second-order valence-electron chi connectivity index (χ2n) is 3.00. The number of allylic oxidation sites excluding steroid dienone is 2. The van der Waals surface area contributed by atoms with Crippen LogP contribution < -0.4 is 5.32 Å². The summed E-state index contributed by atoms with van der Waals surface area (Å²) in [6.07, 6.45) is 5.05. The first kappa shape index (κ1) is 11.7. The van der Waals surface area contributed by atoms with Gasteiger partial charge in [-0.15, -0.1) is 0 Å². The molecule has 1 rings (SSSR count). The van der Waals surface area contributed by atoms with Gasteiger partial charge in [0.05, 0.1) is 32.3 Å². The molecule has 0 unspecified atom stereocenters. The van der Waals surface area contributed by atoms with Crippen molar-refractivity contribution >= 4 is 5.71 Å². The van der Waals surface area contributed by atoms with Crippen LogP contribution >= 0.6 is 0 Å².